The van der Waals surface area contributed by atoms with E-state index in [4.69, 9.17) is 0 Å². The molecule has 5 heteroatoms. The Labute approximate surface area is 124 Å². The lowest BCUT2D eigenvalue weighted by Gasteiger charge is -2.19. The maximum Gasteiger partial charge on any atom is 0.243 e. The van der Waals surface area contributed by atoms with Gasteiger partial charge in [-0.15, -0.1) is 0 Å². The molecule has 0 aliphatic carbocycles. The topological polar surface area (TPSA) is 54.5 Å². The molecule has 110 valence electrons. The van der Waals surface area contributed by atoms with E-state index in [2.05, 4.69) is 0 Å². The third-order valence-corrected chi connectivity index (χ3v) is 5.76. The molecule has 1 heterocycles. The lowest BCUT2D eigenvalue weighted by molar-refractivity contribution is -0.118. The molecule has 21 heavy (non-hydrogen) atoms. The number of hydrogen-bond acceptors (Lipinski definition) is 3. The predicted molar refractivity (Wildman–Crippen MR) is 81.6 cm³/mol. The predicted octanol–water partition coefficient (Wildman–Crippen LogP) is 2.58. The molecule has 0 atom stereocenters. The summed E-state index contributed by atoms with van der Waals surface area (Å²) in [5.41, 5.74) is 0. The summed E-state index contributed by atoms with van der Waals surface area (Å²) in [5.74, 6) is 0.145. The number of hydrogen-bond donors (Lipinski definition) is 0. The summed E-state index contributed by atoms with van der Waals surface area (Å²) in [4.78, 5) is 11.7. The average molecular weight is 303 g/mol. The van der Waals surface area contributed by atoms with Crippen LogP contribution in [0.5, 0.6) is 0 Å². The number of benzene rings is 2. The van der Waals surface area contributed by atoms with Gasteiger partial charge in [0.15, 0.2) is 0 Å². The molecule has 1 fully saturated rings. The van der Waals surface area contributed by atoms with Crippen LogP contribution < -0.4 is 0 Å². The first-order valence-electron chi connectivity index (χ1n) is 7.08. The van der Waals surface area contributed by atoms with E-state index in [0.29, 0.717) is 30.7 Å². The van der Waals surface area contributed by atoms with Gasteiger partial charge in [-0.3, -0.25) is 4.79 Å². The molecule has 1 aliphatic rings. The van der Waals surface area contributed by atoms with Crippen LogP contribution in [0.1, 0.15) is 19.3 Å². The highest BCUT2D eigenvalue weighted by atomic mass is 32.2. The molecule has 1 aliphatic heterocycles. The minimum atomic E-state index is -3.52. The van der Waals surface area contributed by atoms with Gasteiger partial charge >= 0.3 is 0 Å². The number of carbonyl (C=O) groups is 1. The SMILES string of the molecule is O=C1CCCN(S(=O)(=O)c2ccc3ccccc3c2)CC1. The van der Waals surface area contributed by atoms with Crippen LogP contribution in [-0.2, 0) is 14.8 Å². The Morgan fingerprint density at radius 1 is 0.905 bits per heavy atom. The third-order valence-electron chi connectivity index (χ3n) is 3.86. The third kappa shape index (κ3) is 2.84. The first-order valence-corrected chi connectivity index (χ1v) is 8.52. The quantitative estimate of drug-likeness (QED) is 0.857. The van der Waals surface area contributed by atoms with Crippen molar-refractivity contribution in [2.75, 3.05) is 13.1 Å². The highest BCUT2D eigenvalue weighted by molar-refractivity contribution is 7.89. The fourth-order valence-corrected chi connectivity index (χ4v) is 4.17. The van der Waals surface area contributed by atoms with E-state index in [9.17, 15) is 13.2 Å². The van der Waals surface area contributed by atoms with Crippen molar-refractivity contribution in [1.29, 1.82) is 0 Å². The van der Waals surface area contributed by atoms with Crippen LogP contribution in [0.2, 0.25) is 0 Å². The van der Waals surface area contributed by atoms with E-state index in [0.717, 1.165) is 10.8 Å². The van der Waals surface area contributed by atoms with Crippen LogP contribution in [-0.4, -0.2) is 31.6 Å². The summed E-state index contributed by atoms with van der Waals surface area (Å²) >= 11 is 0. The number of ketones is 1. The number of Topliss-reactive ketones (excluding diaryl/α,β-unsaturated/α-hetero) is 1. The molecule has 0 spiro atoms. The van der Waals surface area contributed by atoms with Crippen LogP contribution in [0, 0.1) is 0 Å². The summed E-state index contributed by atoms with van der Waals surface area (Å²) < 4.78 is 26.8. The zero-order valence-corrected chi connectivity index (χ0v) is 12.5. The Balaban J connectivity index is 1.97. The summed E-state index contributed by atoms with van der Waals surface area (Å²) in [6.45, 7) is 0.703. The minimum absolute atomic E-state index is 0.145. The van der Waals surface area contributed by atoms with Gasteiger partial charge in [0.2, 0.25) is 10.0 Å². The van der Waals surface area contributed by atoms with E-state index in [1.54, 1.807) is 12.1 Å². The van der Waals surface area contributed by atoms with Crippen LogP contribution in [0.4, 0.5) is 0 Å². The van der Waals surface area contributed by atoms with E-state index in [1.165, 1.54) is 4.31 Å². The number of rotatable bonds is 2. The molecule has 0 bridgehead atoms. The van der Waals surface area contributed by atoms with Gasteiger partial charge in [0.1, 0.15) is 5.78 Å². The second-order valence-electron chi connectivity index (χ2n) is 5.31. The van der Waals surface area contributed by atoms with Gasteiger partial charge in [-0.25, -0.2) is 8.42 Å². The largest absolute Gasteiger partial charge is 0.300 e. The van der Waals surface area contributed by atoms with E-state index >= 15 is 0 Å². The van der Waals surface area contributed by atoms with Gasteiger partial charge < -0.3 is 0 Å². The molecule has 0 amide bonds. The smallest absolute Gasteiger partial charge is 0.243 e. The first-order chi connectivity index (χ1) is 10.1. The maximum absolute atomic E-state index is 12.7. The van der Waals surface area contributed by atoms with Crippen molar-refractivity contribution in [3.05, 3.63) is 42.5 Å². The Kier molecular flexibility index (Phi) is 3.78. The number of sulfonamides is 1. The normalized spacial score (nSPS) is 17.8. The van der Waals surface area contributed by atoms with Crippen LogP contribution in [0.25, 0.3) is 10.8 Å². The summed E-state index contributed by atoms with van der Waals surface area (Å²) in [6.07, 6.45) is 1.39. The van der Waals surface area contributed by atoms with E-state index < -0.39 is 10.0 Å². The van der Waals surface area contributed by atoms with Crippen molar-refractivity contribution in [3.8, 4) is 0 Å². The molecule has 2 aromatic rings. The molecule has 1 saturated heterocycles. The van der Waals surface area contributed by atoms with E-state index in [1.807, 2.05) is 30.3 Å². The Morgan fingerprint density at radius 3 is 2.48 bits per heavy atom. The van der Waals surface area contributed by atoms with Crippen LogP contribution >= 0.6 is 0 Å². The van der Waals surface area contributed by atoms with Crippen molar-refractivity contribution >= 4 is 26.6 Å². The molecular formula is C16H17NO3S. The molecule has 0 N–H and O–H groups in total. The van der Waals surface area contributed by atoms with Gasteiger partial charge in [0.25, 0.3) is 0 Å². The van der Waals surface area contributed by atoms with Crippen molar-refractivity contribution in [2.45, 2.75) is 24.2 Å². The van der Waals surface area contributed by atoms with Crippen molar-refractivity contribution in [3.63, 3.8) is 0 Å². The highest BCUT2D eigenvalue weighted by Crippen LogP contribution is 2.23. The van der Waals surface area contributed by atoms with Gasteiger partial charge in [0, 0.05) is 25.9 Å². The molecule has 3 rings (SSSR count). The summed E-state index contributed by atoms with van der Waals surface area (Å²) in [6, 6.07) is 12.9. The van der Waals surface area contributed by atoms with Gasteiger partial charge in [-0.1, -0.05) is 30.3 Å². The summed E-state index contributed by atoms with van der Waals surface area (Å²) in [7, 11) is -3.52. The standard InChI is InChI=1S/C16H17NO3S/c18-15-6-3-10-17(11-9-15)21(19,20)16-8-7-13-4-1-2-5-14(13)12-16/h1-2,4-5,7-8,12H,3,6,9-11H2. The van der Waals surface area contributed by atoms with Gasteiger partial charge in [-0.05, 0) is 29.3 Å². The van der Waals surface area contributed by atoms with Crippen LogP contribution in [0.3, 0.4) is 0 Å². The van der Waals surface area contributed by atoms with Crippen LogP contribution in [0.15, 0.2) is 47.4 Å². The monoisotopic (exact) mass is 303 g/mol. The number of fused-ring (bicyclic) bond motifs is 1. The zero-order valence-electron chi connectivity index (χ0n) is 11.7. The second-order valence-corrected chi connectivity index (χ2v) is 7.24. The molecule has 0 aromatic heterocycles. The van der Waals surface area contributed by atoms with Crippen molar-refractivity contribution in [2.24, 2.45) is 0 Å². The lowest BCUT2D eigenvalue weighted by atomic mass is 10.1. The second kappa shape index (κ2) is 5.58. The number of nitrogens with zero attached hydrogens (tertiary/aromatic N) is 1. The van der Waals surface area contributed by atoms with E-state index in [-0.39, 0.29) is 12.3 Å². The number of carbonyl (C=O) groups excluding carboxylic acids is 1. The van der Waals surface area contributed by atoms with Crippen molar-refractivity contribution in [1.82, 2.24) is 4.31 Å². The minimum Gasteiger partial charge on any atom is -0.300 e. The average Bonchev–Trinajstić information content (AvgIpc) is 2.72. The van der Waals surface area contributed by atoms with Gasteiger partial charge in [-0.2, -0.15) is 4.31 Å². The zero-order chi connectivity index (χ0) is 14.9. The highest BCUT2D eigenvalue weighted by Gasteiger charge is 2.26. The van der Waals surface area contributed by atoms with Crippen molar-refractivity contribution < 1.29 is 13.2 Å². The fraction of sp³-hybridized carbons (Fsp3) is 0.312. The Morgan fingerprint density at radius 2 is 1.67 bits per heavy atom. The first kappa shape index (κ1) is 14.2. The molecule has 0 unspecified atom stereocenters. The Hall–Kier alpha value is -1.72. The Bertz CT molecular complexity index is 783. The molecule has 0 radical (unpaired) electrons. The molecule has 4 nitrogen and oxygen atoms in total. The lowest BCUT2D eigenvalue weighted by Crippen LogP contribution is -2.32. The molecular weight excluding hydrogens is 286 g/mol. The van der Waals surface area contributed by atoms with Gasteiger partial charge in [0.05, 0.1) is 4.90 Å². The fourth-order valence-electron chi connectivity index (χ4n) is 2.66. The molecule has 0 saturated carbocycles. The maximum atomic E-state index is 12.7. The summed E-state index contributed by atoms with van der Waals surface area (Å²) in [5, 5.41) is 1.92. The molecule has 2 aromatic carbocycles.